The summed E-state index contributed by atoms with van der Waals surface area (Å²) in [6.45, 7) is 5.26. The maximum Gasteiger partial charge on any atom is 0.339 e. The number of aliphatic hydroxyl groups excluding tert-OH is 1. The summed E-state index contributed by atoms with van der Waals surface area (Å²) in [6.07, 6.45) is -0.962. The van der Waals surface area contributed by atoms with Gasteiger partial charge in [0.25, 0.3) is 0 Å². The van der Waals surface area contributed by atoms with Crippen molar-refractivity contribution in [3.05, 3.63) is 0 Å². The molecule has 0 saturated carbocycles. The largest absolute Gasteiger partial charge is 0.452 e. The van der Waals surface area contributed by atoms with Gasteiger partial charge in [0.2, 0.25) is 11.4 Å². The Morgan fingerprint density at radius 1 is 1.47 bits per heavy atom. The van der Waals surface area contributed by atoms with Crippen LogP contribution in [0, 0.1) is 5.92 Å². The van der Waals surface area contributed by atoms with Gasteiger partial charge in [-0.05, 0) is 19.9 Å². The Kier molecular flexibility index (Phi) is 2.48. The van der Waals surface area contributed by atoms with Crippen molar-refractivity contribution in [1.82, 2.24) is 10.6 Å². The SMILES string of the molecule is CNC1C(=O)N[C@@]2([C@@H](O)C(C)C)C(=O)O[C@@]12C. The molecule has 2 saturated heterocycles. The molecule has 2 heterocycles. The highest BCUT2D eigenvalue weighted by atomic mass is 16.6. The fourth-order valence-corrected chi connectivity index (χ4v) is 2.88. The van der Waals surface area contributed by atoms with Gasteiger partial charge in [-0.15, -0.1) is 0 Å². The number of carbonyl (C=O) groups is 2. The van der Waals surface area contributed by atoms with Crippen LogP contribution in [0.2, 0.25) is 0 Å². The van der Waals surface area contributed by atoms with E-state index in [0.29, 0.717) is 0 Å². The Balaban J connectivity index is 2.45. The standard InChI is InChI=1S/C11H18N2O4/c1-5(2)7(14)11-9(16)17-10(11,3)6(12-4)8(15)13-11/h5-7,12,14H,1-4H3,(H,13,15)/t6?,7-,10-,11-/m0/s1. The highest BCUT2D eigenvalue weighted by Crippen LogP contribution is 2.48. The van der Waals surface area contributed by atoms with Gasteiger partial charge in [0, 0.05) is 0 Å². The van der Waals surface area contributed by atoms with E-state index in [9.17, 15) is 14.7 Å². The zero-order chi connectivity index (χ0) is 13.0. The van der Waals surface area contributed by atoms with Crippen molar-refractivity contribution in [3.8, 4) is 0 Å². The predicted molar refractivity (Wildman–Crippen MR) is 59.1 cm³/mol. The Hall–Kier alpha value is -1.14. The zero-order valence-corrected chi connectivity index (χ0v) is 10.4. The Morgan fingerprint density at radius 3 is 2.47 bits per heavy atom. The molecule has 6 heteroatoms. The fourth-order valence-electron chi connectivity index (χ4n) is 2.88. The van der Waals surface area contributed by atoms with E-state index in [4.69, 9.17) is 4.74 Å². The van der Waals surface area contributed by atoms with Gasteiger partial charge in [0.15, 0.2) is 5.60 Å². The molecule has 1 unspecified atom stereocenters. The van der Waals surface area contributed by atoms with Gasteiger partial charge in [0.1, 0.15) is 6.04 Å². The number of amides is 1. The quantitative estimate of drug-likeness (QED) is 0.540. The van der Waals surface area contributed by atoms with E-state index in [0.717, 1.165) is 0 Å². The lowest BCUT2D eigenvalue weighted by atomic mass is 9.68. The van der Waals surface area contributed by atoms with Gasteiger partial charge in [-0.25, -0.2) is 4.79 Å². The molecular weight excluding hydrogens is 224 g/mol. The van der Waals surface area contributed by atoms with Crippen LogP contribution in [0.25, 0.3) is 0 Å². The van der Waals surface area contributed by atoms with Crippen LogP contribution in [-0.4, -0.2) is 47.3 Å². The number of aliphatic hydroxyl groups is 1. The Morgan fingerprint density at radius 2 is 2.06 bits per heavy atom. The molecule has 1 amide bonds. The van der Waals surface area contributed by atoms with E-state index in [1.165, 1.54) is 0 Å². The Bertz CT molecular complexity index is 384. The van der Waals surface area contributed by atoms with Gasteiger partial charge < -0.3 is 20.5 Å². The number of esters is 1. The van der Waals surface area contributed by atoms with Crippen LogP contribution in [0.3, 0.4) is 0 Å². The average molecular weight is 242 g/mol. The lowest BCUT2D eigenvalue weighted by molar-refractivity contribution is -0.233. The number of hydrogen-bond acceptors (Lipinski definition) is 5. The summed E-state index contributed by atoms with van der Waals surface area (Å²) in [7, 11) is 1.62. The molecule has 2 aliphatic rings. The van der Waals surface area contributed by atoms with Crippen molar-refractivity contribution < 1.29 is 19.4 Å². The van der Waals surface area contributed by atoms with Crippen LogP contribution in [0.5, 0.6) is 0 Å². The molecule has 0 aliphatic carbocycles. The molecule has 0 spiro atoms. The number of likely N-dealkylation sites (N-methyl/N-ethyl adjacent to an activating group) is 1. The molecule has 2 aliphatic heterocycles. The monoisotopic (exact) mass is 242 g/mol. The first-order valence-corrected chi connectivity index (χ1v) is 5.72. The first kappa shape index (κ1) is 12.3. The summed E-state index contributed by atoms with van der Waals surface area (Å²) < 4.78 is 5.15. The van der Waals surface area contributed by atoms with Gasteiger partial charge in [0.05, 0.1) is 6.10 Å². The number of rotatable bonds is 3. The van der Waals surface area contributed by atoms with Gasteiger partial charge in [-0.3, -0.25) is 4.79 Å². The van der Waals surface area contributed by atoms with Gasteiger partial charge >= 0.3 is 5.97 Å². The second kappa shape index (κ2) is 3.43. The molecule has 96 valence electrons. The highest BCUT2D eigenvalue weighted by molar-refractivity contribution is 6.03. The first-order valence-electron chi connectivity index (χ1n) is 5.72. The minimum absolute atomic E-state index is 0.155. The lowest BCUT2D eigenvalue weighted by Crippen LogP contribution is -2.81. The summed E-state index contributed by atoms with van der Waals surface area (Å²) in [6, 6.07) is -0.631. The molecular formula is C11H18N2O4. The van der Waals surface area contributed by atoms with Crippen LogP contribution in [0.1, 0.15) is 20.8 Å². The van der Waals surface area contributed by atoms with Crippen LogP contribution >= 0.6 is 0 Å². The van der Waals surface area contributed by atoms with Crippen molar-refractivity contribution in [1.29, 1.82) is 0 Å². The Labute approximate surface area is 99.7 Å². The molecule has 0 aromatic rings. The van der Waals surface area contributed by atoms with Crippen LogP contribution in [0.15, 0.2) is 0 Å². The zero-order valence-electron chi connectivity index (χ0n) is 10.4. The van der Waals surface area contributed by atoms with Crippen molar-refractivity contribution in [2.45, 2.75) is 44.1 Å². The van der Waals surface area contributed by atoms with Crippen LogP contribution < -0.4 is 10.6 Å². The van der Waals surface area contributed by atoms with E-state index >= 15 is 0 Å². The third kappa shape index (κ3) is 1.17. The normalized spacial score (nSPS) is 41.6. The average Bonchev–Trinajstić information content (AvgIpc) is 2.41. The van der Waals surface area contributed by atoms with E-state index in [1.54, 1.807) is 27.8 Å². The number of nitrogens with one attached hydrogen (secondary N) is 2. The van der Waals surface area contributed by atoms with E-state index in [1.807, 2.05) is 0 Å². The lowest BCUT2D eigenvalue weighted by Gasteiger charge is -2.53. The van der Waals surface area contributed by atoms with Crippen LogP contribution in [0.4, 0.5) is 0 Å². The third-order valence-electron chi connectivity index (χ3n) is 3.91. The molecule has 0 bridgehead atoms. The molecule has 0 aromatic heterocycles. The smallest absolute Gasteiger partial charge is 0.339 e. The second-order valence-corrected chi connectivity index (χ2v) is 5.20. The molecule has 17 heavy (non-hydrogen) atoms. The molecule has 0 aromatic carbocycles. The second-order valence-electron chi connectivity index (χ2n) is 5.20. The molecule has 2 fully saturated rings. The molecule has 6 nitrogen and oxygen atoms in total. The minimum atomic E-state index is -1.31. The highest BCUT2D eigenvalue weighted by Gasteiger charge is 2.79. The van der Waals surface area contributed by atoms with Crippen molar-refractivity contribution in [3.63, 3.8) is 0 Å². The molecule has 4 atom stereocenters. The topological polar surface area (TPSA) is 87.7 Å². The van der Waals surface area contributed by atoms with Crippen molar-refractivity contribution in [2.75, 3.05) is 7.05 Å². The summed E-state index contributed by atoms with van der Waals surface area (Å²) in [5.74, 6) is -1.04. The van der Waals surface area contributed by atoms with E-state index in [-0.39, 0.29) is 11.8 Å². The third-order valence-corrected chi connectivity index (χ3v) is 3.91. The van der Waals surface area contributed by atoms with Crippen molar-refractivity contribution in [2.24, 2.45) is 5.92 Å². The predicted octanol–water partition coefficient (Wildman–Crippen LogP) is -1.22. The summed E-state index contributed by atoms with van der Waals surface area (Å²) in [4.78, 5) is 23.6. The molecule has 3 N–H and O–H groups in total. The number of hydrogen-bond donors (Lipinski definition) is 3. The minimum Gasteiger partial charge on any atom is -0.452 e. The summed E-state index contributed by atoms with van der Waals surface area (Å²) in [5.41, 5.74) is -2.34. The number of carbonyl (C=O) groups excluding carboxylic acids is 2. The maximum absolute atomic E-state index is 11.8. The first-order chi connectivity index (χ1) is 7.81. The number of ether oxygens (including phenoxy) is 1. The molecule has 0 radical (unpaired) electrons. The summed E-state index contributed by atoms with van der Waals surface area (Å²) in [5, 5.41) is 15.7. The maximum atomic E-state index is 11.8. The van der Waals surface area contributed by atoms with E-state index in [2.05, 4.69) is 10.6 Å². The van der Waals surface area contributed by atoms with Crippen molar-refractivity contribution >= 4 is 11.9 Å². The van der Waals surface area contributed by atoms with Crippen LogP contribution in [-0.2, 0) is 14.3 Å². The number of fused-ring (bicyclic) bond motifs is 1. The fraction of sp³-hybridized carbons (Fsp3) is 0.818. The summed E-state index contributed by atoms with van der Waals surface area (Å²) >= 11 is 0. The van der Waals surface area contributed by atoms with E-state index < -0.39 is 29.3 Å². The molecule has 2 rings (SSSR count). The van der Waals surface area contributed by atoms with Gasteiger partial charge in [-0.2, -0.15) is 0 Å². The van der Waals surface area contributed by atoms with Gasteiger partial charge in [-0.1, -0.05) is 13.8 Å².